The van der Waals surface area contributed by atoms with Crippen molar-refractivity contribution in [2.24, 2.45) is 17.8 Å². The van der Waals surface area contributed by atoms with Crippen molar-refractivity contribution in [3.05, 3.63) is 66.4 Å². The van der Waals surface area contributed by atoms with Gasteiger partial charge >= 0.3 is 0 Å². The van der Waals surface area contributed by atoms with E-state index in [4.69, 9.17) is 0 Å². The van der Waals surface area contributed by atoms with E-state index in [1.165, 1.54) is 25.7 Å². The molecule has 5 rings (SSSR count). The lowest BCUT2D eigenvalue weighted by molar-refractivity contribution is -0.121. The first-order chi connectivity index (χ1) is 14.7. The first kappa shape index (κ1) is 19.0. The van der Waals surface area contributed by atoms with Gasteiger partial charge in [0.05, 0.1) is 17.8 Å². The Balaban J connectivity index is 1.37. The molecule has 2 aromatic carbocycles. The normalized spacial score (nSPS) is 23.4. The molecule has 1 aromatic heterocycles. The van der Waals surface area contributed by atoms with Gasteiger partial charge in [-0.3, -0.25) is 4.79 Å². The smallest absolute Gasteiger partial charge is 0.226 e. The molecule has 2 bridgehead atoms. The topological polar surface area (TPSA) is 59.8 Å². The first-order valence-corrected chi connectivity index (χ1v) is 11.0. The second-order valence-electron chi connectivity index (χ2n) is 8.87. The third-order valence-electron chi connectivity index (χ3n) is 6.94. The Bertz CT molecular complexity index is 1010. The third kappa shape index (κ3) is 3.64. The van der Waals surface area contributed by atoms with Gasteiger partial charge in [-0.25, -0.2) is 4.68 Å². The number of amides is 1. The van der Waals surface area contributed by atoms with Crippen molar-refractivity contribution in [3.63, 3.8) is 0 Å². The summed E-state index contributed by atoms with van der Waals surface area (Å²) >= 11 is 0. The van der Waals surface area contributed by atoms with Crippen LogP contribution in [0.2, 0.25) is 0 Å². The summed E-state index contributed by atoms with van der Waals surface area (Å²) in [5, 5.41) is 12.1. The number of carbonyl (C=O) groups is 1. The Morgan fingerprint density at radius 3 is 2.47 bits per heavy atom. The van der Waals surface area contributed by atoms with E-state index in [2.05, 4.69) is 22.6 Å². The van der Waals surface area contributed by atoms with Gasteiger partial charge in [-0.1, -0.05) is 60.2 Å². The largest absolute Gasteiger partial charge is 0.353 e. The Morgan fingerprint density at radius 1 is 1.07 bits per heavy atom. The molecule has 4 atom stereocenters. The fourth-order valence-corrected chi connectivity index (χ4v) is 5.54. The third-order valence-corrected chi connectivity index (χ3v) is 6.94. The lowest BCUT2D eigenvalue weighted by Gasteiger charge is -2.28. The number of nitrogens with one attached hydrogen (secondary N) is 1. The van der Waals surface area contributed by atoms with Crippen LogP contribution in [-0.2, 0) is 11.2 Å². The molecule has 0 spiro atoms. The van der Waals surface area contributed by atoms with E-state index in [-0.39, 0.29) is 18.4 Å². The molecule has 5 nitrogen and oxygen atoms in total. The fraction of sp³-hybridized carbons (Fsp3) is 0.400. The maximum Gasteiger partial charge on any atom is 0.226 e. The molecule has 154 valence electrons. The zero-order valence-corrected chi connectivity index (χ0v) is 17.4. The highest BCUT2D eigenvalue weighted by molar-refractivity contribution is 5.81. The molecule has 1 N–H and O–H groups in total. The molecule has 0 saturated heterocycles. The van der Waals surface area contributed by atoms with Crippen LogP contribution >= 0.6 is 0 Å². The summed E-state index contributed by atoms with van der Waals surface area (Å²) in [6, 6.07) is 20.2. The number of para-hydroxylation sites is 1. The summed E-state index contributed by atoms with van der Waals surface area (Å²) < 4.78 is 1.83. The highest BCUT2D eigenvalue weighted by Gasteiger charge is 2.42. The SMILES string of the molecule is CC(NC(=O)Cc1nnn(-c2ccccc2)c1-c1ccccc1)C1CC2CCC1C2. The van der Waals surface area contributed by atoms with E-state index >= 15 is 0 Å². The Kier molecular flexibility index (Phi) is 5.11. The summed E-state index contributed by atoms with van der Waals surface area (Å²) in [4.78, 5) is 12.9. The zero-order chi connectivity index (χ0) is 20.5. The van der Waals surface area contributed by atoms with Crippen molar-refractivity contribution in [2.45, 2.75) is 45.1 Å². The summed E-state index contributed by atoms with van der Waals surface area (Å²) in [6.07, 6.45) is 5.58. The maximum atomic E-state index is 12.9. The van der Waals surface area contributed by atoms with Gasteiger partial charge in [0.15, 0.2) is 0 Å². The summed E-state index contributed by atoms with van der Waals surface area (Å²) in [7, 11) is 0. The van der Waals surface area contributed by atoms with Gasteiger partial charge in [-0.2, -0.15) is 0 Å². The van der Waals surface area contributed by atoms with Crippen LogP contribution in [-0.4, -0.2) is 26.9 Å². The standard InChI is InChI=1S/C25H28N4O/c1-17(22-15-18-12-13-20(22)14-18)26-24(30)16-23-25(19-8-4-2-5-9-19)29(28-27-23)21-10-6-3-7-11-21/h2-11,17-18,20,22H,12-16H2,1H3,(H,26,30). The molecular weight excluding hydrogens is 372 g/mol. The maximum absolute atomic E-state index is 12.9. The number of benzene rings is 2. The second kappa shape index (κ2) is 8.05. The van der Waals surface area contributed by atoms with Crippen LogP contribution in [0.5, 0.6) is 0 Å². The van der Waals surface area contributed by atoms with Gasteiger partial charge in [0, 0.05) is 11.6 Å². The van der Waals surface area contributed by atoms with Crippen molar-refractivity contribution in [1.82, 2.24) is 20.3 Å². The number of hydrogen-bond donors (Lipinski definition) is 1. The monoisotopic (exact) mass is 400 g/mol. The Hall–Kier alpha value is -2.95. The molecule has 3 aromatic rings. The lowest BCUT2D eigenvalue weighted by Crippen LogP contribution is -2.40. The Labute approximate surface area is 177 Å². The van der Waals surface area contributed by atoms with E-state index in [0.29, 0.717) is 11.6 Å². The van der Waals surface area contributed by atoms with Gasteiger partial charge < -0.3 is 5.32 Å². The number of hydrogen-bond acceptors (Lipinski definition) is 3. The molecule has 0 radical (unpaired) electrons. The number of carbonyl (C=O) groups excluding carboxylic acids is 1. The molecule has 1 heterocycles. The van der Waals surface area contributed by atoms with Gasteiger partial charge in [0.25, 0.3) is 0 Å². The highest BCUT2D eigenvalue weighted by Crippen LogP contribution is 2.49. The zero-order valence-electron chi connectivity index (χ0n) is 17.4. The van der Waals surface area contributed by atoms with Crippen molar-refractivity contribution >= 4 is 5.91 Å². The molecule has 2 aliphatic carbocycles. The molecule has 2 aliphatic rings. The molecule has 30 heavy (non-hydrogen) atoms. The van der Waals surface area contributed by atoms with Crippen LogP contribution in [0.4, 0.5) is 0 Å². The first-order valence-electron chi connectivity index (χ1n) is 11.0. The van der Waals surface area contributed by atoms with Crippen LogP contribution < -0.4 is 5.32 Å². The molecule has 0 aliphatic heterocycles. The second-order valence-corrected chi connectivity index (χ2v) is 8.87. The number of fused-ring (bicyclic) bond motifs is 2. The predicted molar refractivity (Wildman–Crippen MR) is 117 cm³/mol. The summed E-state index contributed by atoms with van der Waals surface area (Å²) in [5.74, 6) is 2.34. The van der Waals surface area contributed by atoms with E-state index in [9.17, 15) is 4.79 Å². The molecular formula is C25H28N4O. The molecule has 4 unspecified atom stereocenters. The van der Waals surface area contributed by atoms with Gasteiger partial charge in [-0.15, -0.1) is 5.10 Å². The van der Waals surface area contributed by atoms with E-state index in [1.807, 2.05) is 65.3 Å². The lowest BCUT2D eigenvalue weighted by atomic mass is 9.84. The van der Waals surface area contributed by atoms with Crippen molar-refractivity contribution in [2.75, 3.05) is 0 Å². The number of aromatic nitrogens is 3. The minimum Gasteiger partial charge on any atom is -0.353 e. The predicted octanol–water partition coefficient (Wildman–Crippen LogP) is 4.42. The molecule has 5 heteroatoms. The Morgan fingerprint density at radius 2 is 1.80 bits per heavy atom. The molecule has 2 saturated carbocycles. The van der Waals surface area contributed by atoms with Gasteiger partial charge in [0.2, 0.25) is 5.91 Å². The highest BCUT2D eigenvalue weighted by atomic mass is 16.1. The van der Waals surface area contributed by atoms with E-state index in [1.54, 1.807) is 0 Å². The van der Waals surface area contributed by atoms with Crippen molar-refractivity contribution < 1.29 is 4.79 Å². The average molecular weight is 401 g/mol. The van der Waals surface area contributed by atoms with Crippen molar-refractivity contribution in [1.29, 1.82) is 0 Å². The summed E-state index contributed by atoms with van der Waals surface area (Å²) in [5.41, 5.74) is 3.54. The van der Waals surface area contributed by atoms with Gasteiger partial charge in [-0.05, 0) is 56.1 Å². The minimum absolute atomic E-state index is 0.0302. The number of rotatable bonds is 6. The van der Waals surface area contributed by atoms with Crippen LogP contribution in [0.3, 0.4) is 0 Å². The van der Waals surface area contributed by atoms with Crippen LogP contribution in [0.15, 0.2) is 60.7 Å². The van der Waals surface area contributed by atoms with Crippen molar-refractivity contribution in [3.8, 4) is 16.9 Å². The molecule has 2 fully saturated rings. The quantitative estimate of drug-likeness (QED) is 0.666. The van der Waals surface area contributed by atoms with Crippen LogP contribution in [0.25, 0.3) is 16.9 Å². The van der Waals surface area contributed by atoms with Gasteiger partial charge in [0.1, 0.15) is 5.69 Å². The summed E-state index contributed by atoms with van der Waals surface area (Å²) in [6.45, 7) is 2.17. The number of nitrogens with zero attached hydrogens (tertiary/aromatic N) is 3. The minimum atomic E-state index is 0.0302. The van der Waals surface area contributed by atoms with E-state index < -0.39 is 0 Å². The van der Waals surface area contributed by atoms with E-state index in [0.717, 1.165) is 28.8 Å². The average Bonchev–Trinajstić information content (AvgIpc) is 3.51. The fourth-order valence-electron chi connectivity index (χ4n) is 5.54. The van der Waals surface area contributed by atoms with Crippen LogP contribution in [0.1, 0.15) is 38.3 Å². The van der Waals surface area contributed by atoms with Crippen LogP contribution in [0, 0.1) is 17.8 Å². The molecule has 1 amide bonds.